The maximum Gasteiger partial charge on any atom is 0.203 e. The van der Waals surface area contributed by atoms with Crippen molar-refractivity contribution in [3.05, 3.63) is 35.4 Å². The summed E-state index contributed by atoms with van der Waals surface area (Å²) in [6.07, 6.45) is 1.55. The van der Waals surface area contributed by atoms with Crippen LogP contribution in [-0.2, 0) is 11.2 Å². The van der Waals surface area contributed by atoms with E-state index in [4.69, 9.17) is 18.9 Å². The quantitative estimate of drug-likeness (QED) is 0.363. The van der Waals surface area contributed by atoms with Gasteiger partial charge in [-0.2, -0.15) is 0 Å². The average molecular weight is 388 g/mol. The molecule has 150 valence electrons. The Balaban J connectivity index is 1.83. The summed E-state index contributed by atoms with van der Waals surface area (Å²) < 4.78 is 21.5. The second-order valence-electron chi connectivity index (χ2n) is 5.85. The second kappa shape index (κ2) is 10.2. The molecule has 2 aromatic rings. The molecular formula is C21H24O7. The summed E-state index contributed by atoms with van der Waals surface area (Å²) in [6.45, 7) is 0.717. The fraction of sp³-hybridized carbons (Fsp3) is 0.333. The molecule has 7 nitrogen and oxygen atoms in total. The predicted octanol–water partition coefficient (Wildman–Crippen LogP) is 2.83. The monoisotopic (exact) mass is 388 g/mol. The molecule has 0 spiro atoms. The standard InChI is InChI=1S/C21H24O7/c1-25-18-12-15(13-19(26-2)21(18)27-3)7-5-9-28-8-4-6-14-10-16(22)20(24)17(23)11-14/h10-13,22-24H,5,7-9H2,1-3H3. The third kappa shape index (κ3) is 5.38. The Kier molecular flexibility index (Phi) is 7.66. The lowest BCUT2D eigenvalue weighted by molar-refractivity contribution is 0.164. The van der Waals surface area contributed by atoms with Gasteiger partial charge in [-0.25, -0.2) is 0 Å². The number of benzene rings is 2. The van der Waals surface area contributed by atoms with E-state index in [2.05, 4.69) is 11.8 Å². The molecule has 0 atom stereocenters. The van der Waals surface area contributed by atoms with Crippen molar-refractivity contribution in [2.45, 2.75) is 12.8 Å². The normalized spacial score (nSPS) is 10.1. The lowest BCUT2D eigenvalue weighted by Crippen LogP contribution is -2.00. The maximum absolute atomic E-state index is 9.43. The SMILES string of the molecule is COc1cc(CCCOCC#Cc2cc(O)c(O)c(O)c2)cc(OC)c1OC. The Labute approximate surface area is 164 Å². The van der Waals surface area contributed by atoms with Crippen LogP contribution in [0.5, 0.6) is 34.5 Å². The zero-order chi connectivity index (χ0) is 20.5. The van der Waals surface area contributed by atoms with Gasteiger partial charge in [-0.1, -0.05) is 11.8 Å². The number of aromatic hydroxyl groups is 3. The van der Waals surface area contributed by atoms with Gasteiger partial charge in [0, 0.05) is 12.2 Å². The summed E-state index contributed by atoms with van der Waals surface area (Å²) in [7, 11) is 4.72. The van der Waals surface area contributed by atoms with Crippen LogP contribution in [-0.4, -0.2) is 49.9 Å². The van der Waals surface area contributed by atoms with E-state index in [1.165, 1.54) is 12.1 Å². The molecule has 0 radical (unpaired) electrons. The van der Waals surface area contributed by atoms with Gasteiger partial charge in [0.15, 0.2) is 28.7 Å². The third-order valence-corrected chi connectivity index (χ3v) is 3.96. The summed E-state index contributed by atoms with van der Waals surface area (Å²) in [5, 5.41) is 28.2. The molecule has 0 aromatic heterocycles. The van der Waals surface area contributed by atoms with Crippen LogP contribution >= 0.6 is 0 Å². The Morgan fingerprint density at radius 1 is 0.857 bits per heavy atom. The molecule has 0 fully saturated rings. The average Bonchev–Trinajstić information content (AvgIpc) is 2.70. The largest absolute Gasteiger partial charge is 0.504 e. The van der Waals surface area contributed by atoms with Crippen molar-refractivity contribution in [1.29, 1.82) is 0 Å². The number of methoxy groups -OCH3 is 3. The minimum atomic E-state index is -0.561. The van der Waals surface area contributed by atoms with Crippen molar-refractivity contribution in [2.24, 2.45) is 0 Å². The number of hydrogen-bond acceptors (Lipinski definition) is 7. The molecule has 3 N–H and O–H groups in total. The van der Waals surface area contributed by atoms with Gasteiger partial charge < -0.3 is 34.3 Å². The minimum Gasteiger partial charge on any atom is -0.504 e. The number of ether oxygens (including phenoxy) is 4. The first-order valence-corrected chi connectivity index (χ1v) is 8.60. The van der Waals surface area contributed by atoms with E-state index < -0.39 is 17.2 Å². The van der Waals surface area contributed by atoms with Gasteiger partial charge >= 0.3 is 0 Å². The van der Waals surface area contributed by atoms with Crippen LogP contribution < -0.4 is 14.2 Å². The highest BCUT2D eigenvalue weighted by Gasteiger charge is 2.12. The molecule has 0 saturated heterocycles. The highest BCUT2D eigenvalue weighted by Crippen LogP contribution is 2.38. The molecular weight excluding hydrogens is 364 g/mol. The topological polar surface area (TPSA) is 97.6 Å². The van der Waals surface area contributed by atoms with Crippen LogP contribution in [0.1, 0.15) is 17.5 Å². The lowest BCUT2D eigenvalue weighted by Gasteiger charge is -2.14. The second-order valence-corrected chi connectivity index (χ2v) is 5.85. The van der Waals surface area contributed by atoms with Gasteiger partial charge in [-0.15, -0.1) is 0 Å². The lowest BCUT2D eigenvalue weighted by atomic mass is 10.1. The Hall–Kier alpha value is -3.24. The van der Waals surface area contributed by atoms with E-state index >= 15 is 0 Å². The zero-order valence-corrected chi connectivity index (χ0v) is 16.1. The first-order chi connectivity index (χ1) is 13.5. The van der Waals surface area contributed by atoms with E-state index in [9.17, 15) is 15.3 Å². The first-order valence-electron chi connectivity index (χ1n) is 8.60. The zero-order valence-electron chi connectivity index (χ0n) is 16.1. The van der Waals surface area contributed by atoms with Crippen LogP contribution in [0.3, 0.4) is 0 Å². The molecule has 2 rings (SSSR count). The molecule has 0 unspecified atom stereocenters. The highest BCUT2D eigenvalue weighted by molar-refractivity contribution is 5.55. The molecule has 0 saturated carbocycles. The molecule has 0 bridgehead atoms. The van der Waals surface area contributed by atoms with Crippen LogP contribution in [0.4, 0.5) is 0 Å². The van der Waals surface area contributed by atoms with Crippen molar-refractivity contribution in [3.8, 4) is 46.3 Å². The van der Waals surface area contributed by atoms with E-state index in [1.54, 1.807) is 21.3 Å². The molecule has 0 aliphatic rings. The minimum absolute atomic E-state index is 0.206. The summed E-state index contributed by atoms with van der Waals surface area (Å²) >= 11 is 0. The summed E-state index contributed by atoms with van der Waals surface area (Å²) in [6, 6.07) is 6.36. The molecule has 7 heteroatoms. The Morgan fingerprint density at radius 3 is 2.00 bits per heavy atom. The number of hydrogen-bond donors (Lipinski definition) is 3. The van der Waals surface area contributed by atoms with E-state index in [0.29, 0.717) is 29.4 Å². The number of rotatable bonds is 8. The van der Waals surface area contributed by atoms with Gasteiger partial charge in [0.05, 0.1) is 21.3 Å². The molecule has 0 amide bonds. The number of phenolic OH excluding ortho intramolecular Hbond substituents is 3. The molecule has 2 aromatic carbocycles. The van der Waals surface area contributed by atoms with Crippen molar-refractivity contribution in [3.63, 3.8) is 0 Å². The number of aryl methyl sites for hydroxylation is 1. The Morgan fingerprint density at radius 2 is 1.46 bits per heavy atom. The van der Waals surface area contributed by atoms with Gasteiger partial charge in [-0.05, 0) is 42.7 Å². The maximum atomic E-state index is 9.43. The fourth-order valence-corrected chi connectivity index (χ4v) is 2.60. The van der Waals surface area contributed by atoms with Crippen LogP contribution in [0.25, 0.3) is 0 Å². The van der Waals surface area contributed by atoms with Crippen molar-refractivity contribution in [1.82, 2.24) is 0 Å². The smallest absolute Gasteiger partial charge is 0.203 e. The van der Waals surface area contributed by atoms with Crippen LogP contribution in [0, 0.1) is 11.8 Å². The molecule has 28 heavy (non-hydrogen) atoms. The van der Waals surface area contributed by atoms with Gasteiger partial charge in [0.2, 0.25) is 5.75 Å². The van der Waals surface area contributed by atoms with Crippen molar-refractivity contribution >= 4 is 0 Å². The molecule has 0 aliphatic carbocycles. The summed E-state index contributed by atoms with van der Waals surface area (Å²) in [5.41, 5.74) is 1.42. The van der Waals surface area contributed by atoms with E-state index in [-0.39, 0.29) is 6.61 Å². The van der Waals surface area contributed by atoms with Gasteiger partial charge in [-0.3, -0.25) is 0 Å². The molecule has 0 aliphatic heterocycles. The fourth-order valence-electron chi connectivity index (χ4n) is 2.60. The first kappa shape index (κ1) is 21.1. The Bertz CT molecular complexity index is 817. The van der Waals surface area contributed by atoms with Gasteiger partial charge in [0.25, 0.3) is 0 Å². The van der Waals surface area contributed by atoms with Gasteiger partial charge in [0.1, 0.15) is 6.61 Å². The van der Waals surface area contributed by atoms with E-state index in [0.717, 1.165) is 18.4 Å². The predicted molar refractivity (Wildman–Crippen MR) is 104 cm³/mol. The summed E-state index contributed by atoms with van der Waals surface area (Å²) in [5.74, 6) is 5.93. The van der Waals surface area contributed by atoms with Crippen molar-refractivity contribution < 1.29 is 34.3 Å². The van der Waals surface area contributed by atoms with E-state index in [1.807, 2.05) is 12.1 Å². The molecule has 0 heterocycles. The van der Waals surface area contributed by atoms with Crippen LogP contribution in [0.15, 0.2) is 24.3 Å². The van der Waals surface area contributed by atoms with Crippen LogP contribution in [0.2, 0.25) is 0 Å². The third-order valence-electron chi connectivity index (χ3n) is 3.96. The van der Waals surface area contributed by atoms with Crippen molar-refractivity contribution in [2.75, 3.05) is 34.5 Å². The highest BCUT2D eigenvalue weighted by atomic mass is 16.5. The number of phenols is 3. The summed E-state index contributed by atoms with van der Waals surface area (Å²) in [4.78, 5) is 0.